The van der Waals surface area contributed by atoms with E-state index in [1.807, 2.05) is 12.4 Å². The Bertz CT molecular complexity index is 301. The molecule has 2 rings (SSSR count). The van der Waals surface area contributed by atoms with Crippen molar-refractivity contribution in [3.05, 3.63) is 18.0 Å². The van der Waals surface area contributed by atoms with Gasteiger partial charge in [-0.3, -0.25) is 5.10 Å². The van der Waals surface area contributed by atoms with Crippen LogP contribution < -0.4 is 5.32 Å². The molecule has 1 fully saturated rings. The van der Waals surface area contributed by atoms with Gasteiger partial charge >= 0.3 is 0 Å². The van der Waals surface area contributed by atoms with Crippen LogP contribution in [-0.4, -0.2) is 41.8 Å². The Kier molecular flexibility index (Phi) is 4.57. The van der Waals surface area contributed by atoms with Crippen LogP contribution in [0.15, 0.2) is 12.4 Å². The van der Waals surface area contributed by atoms with Crippen molar-refractivity contribution in [2.24, 2.45) is 5.92 Å². The Morgan fingerprint density at radius 1 is 1.53 bits per heavy atom. The summed E-state index contributed by atoms with van der Waals surface area (Å²) in [6.07, 6.45) is 7.88. The maximum atomic E-state index is 3.98. The van der Waals surface area contributed by atoms with Gasteiger partial charge < -0.3 is 10.2 Å². The van der Waals surface area contributed by atoms with Gasteiger partial charge in [0.25, 0.3) is 0 Å². The van der Waals surface area contributed by atoms with E-state index in [0.717, 1.165) is 12.5 Å². The molecule has 1 aromatic heterocycles. The molecule has 1 saturated heterocycles. The van der Waals surface area contributed by atoms with Crippen molar-refractivity contribution in [1.82, 2.24) is 20.4 Å². The molecule has 1 unspecified atom stereocenters. The zero-order chi connectivity index (χ0) is 12.1. The fourth-order valence-corrected chi connectivity index (χ4v) is 2.47. The number of nitrogens with one attached hydrogen (secondary N) is 2. The lowest BCUT2D eigenvalue weighted by molar-refractivity contribution is 0.211. The lowest BCUT2D eigenvalue weighted by atomic mass is 9.94. The summed E-state index contributed by atoms with van der Waals surface area (Å²) in [4.78, 5) is 2.43. The summed E-state index contributed by atoms with van der Waals surface area (Å²) in [5.74, 6) is 0.912. The van der Waals surface area contributed by atoms with Crippen LogP contribution in [0, 0.1) is 5.92 Å². The summed E-state index contributed by atoms with van der Waals surface area (Å²) in [5, 5.41) is 10.4. The molecule has 0 aliphatic carbocycles. The number of piperidine rings is 1. The summed E-state index contributed by atoms with van der Waals surface area (Å²) in [5.41, 5.74) is 1.24. The molecule has 0 amide bonds. The number of aromatic nitrogens is 2. The third-order valence-electron chi connectivity index (χ3n) is 3.86. The average molecular weight is 236 g/mol. The maximum absolute atomic E-state index is 3.98. The molecule has 1 aliphatic rings. The Balaban J connectivity index is 1.63. The number of likely N-dealkylation sites (tertiary alicyclic amines) is 1. The smallest absolute Gasteiger partial charge is 0.0534 e. The maximum Gasteiger partial charge on any atom is 0.0534 e. The number of aromatic amines is 1. The van der Waals surface area contributed by atoms with Gasteiger partial charge in [0, 0.05) is 17.8 Å². The Morgan fingerprint density at radius 3 is 2.94 bits per heavy atom. The van der Waals surface area contributed by atoms with Crippen LogP contribution in [0.1, 0.15) is 37.8 Å². The summed E-state index contributed by atoms with van der Waals surface area (Å²) in [6.45, 7) is 5.84. The van der Waals surface area contributed by atoms with E-state index in [1.54, 1.807) is 0 Å². The van der Waals surface area contributed by atoms with Crippen molar-refractivity contribution >= 4 is 0 Å². The zero-order valence-corrected chi connectivity index (χ0v) is 10.9. The van der Waals surface area contributed by atoms with Crippen molar-refractivity contribution in [1.29, 1.82) is 0 Å². The number of H-pyrrole nitrogens is 1. The molecule has 0 bridgehead atoms. The number of rotatable bonds is 5. The first-order valence-corrected chi connectivity index (χ1v) is 6.66. The molecule has 2 heterocycles. The Labute approximate surface area is 104 Å². The average Bonchev–Trinajstić information content (AvgIpc) is 2.85. The fourth-order valence-electron chi connectivity index (χ4n) is 2.47. The minimum Gasteiger partial charge on any atom is -0.310 e. The van der Waals surface area contributed by atoms with Gasteiger partial charge in [-0.15, -0.1) is 0 Å². The molecule has 0 radical (unpaired) electrons. The highest BCUT2D eigenvalue weighted by Gasteiger charge is 2.16. The van der Waals surface area contributed by atoms with Gasteiger partial charge in [0.1, 0.15) is 0 Å². The molecule has 1 atom stereocenters. The molecule has 2 N–H and O–H groups in total. The van der Waals surface area contributed by atoms with E-state index in [-0.39, 0.29) is 0 Å². The second-order valence-electron chi connectivity index (χ2n) is 5.24. The highest BCUT2D eigenvalue weighted by Crippen LogP contribution is 2.19. The first-order valence-electron chi connectivity index (χ1n) is 6.66. The SMILES string of the molecule is CC(NCCC1CCN(C)CC1)c1cn[nH]c1. The van der Waals surface area contributed by atoms with Gasteiger partial charge in [0.05, 0.1) is 6.20 Å². The van der Waals surface area contributed by atoms with E-state index in [9.17, 15) is 0 Å². The molecule has 4 nitrogen and oxygen atoms in total. The Morgan fingerprint density at radius 2 is 2.29 bits per heavy atom. The van der Waals surface area contributed by atoms with Crippen molar-refractivity contribution in [3.8, 4) is 0 Å². The molecule has 17 heavy (non-hydrogen) atoms. The number of nitrogens with zero attached hydrogens (tertiary/aromatic N) is 2. The number of hydrogen-bond donors (Lipinski definition) is 2. The third kappa shape index (κ3) is 3.82. The van der Waals surface area contributed by atoms with Crippen LogP contribution in [0.25, 0.3) is 0 Å². The molecule has 0 saturated carbocycles. The largest absolute Gasteiger partial charge is 0.310 e. The van der Waals surface area contributed by atoms with Crippen molar-refractivity contribution < 1.29 is 0 Å². The highest BCUT2D eigenvalue weighted by atomic mass is 15.1. The van der Waals surface area contributed by atoms with E-state index in [0.29, 0.717) is 6.04 Å². The van der Waals surface area contributed by atoms with E-state index in [1.165, 1.54) is 37.9 Å². The normalized spacial score (nSPS) is 20.6. The summed E-state index contributed by atoms with van der Waals surface area (Å²) < 4.78 is 0. The quantitative estimate of drug-likeness (QED) is 0.819. The van der Waals surface area contributed by atoms with Crippen LogP contribution in [0.5, 0.6) is 0 Å². The van der Waals surface area contributed by atoms with Crippen molar-refractivity contribution in [3.63, 3.8) is 0 Å². The van der Waals surface area contributed by atoms with E-state index in [4.69, 9.17) is 0 Å². The van der Waals surface area contributed by atoms with Crippen LogP contribution in [0.3, 0.4) is 0 Å². The highest BCUT2D eigenvalue weighted by molar-refractivity contribution is 5.07. The molecule has 0 aromatic carbocycles. The lowest BCUT2D eigenvalue weighted by Gasteiger charge is -2.29. The summed E-state index contributed by atoms with van der Waals surface area (Å²) in [6, 6.07) is 0.403. The zero-order valence-electron chi connectivity index (χ0n) is 10.9. The Hall–Kier alpha value is -0.870. The van der Waals surface area contributed by atoms with E-state index >= 15 is 0 Å². The topological polar surface area (TPSA) is 44.0 Å². The molecule has 96 valence electrons. The summed E-state index contributed by atoms with van der Waals surface area (Å²) in [7, 11) is 2.22. The van der Waals surface area contributed by atoms with Crippen molar-refractivity contribution in [2.75, 3.05) is 26.7 Å². The van der Waals surface area contributed by atoms with Gasteiger partial charge in [-0.25, -0.2) is 0 Å². The predicted molar refractivity (Wildman–Crippen MR) is 69.8 cm³/mol. The van der Waals surface area contributed by atoms with Crippen molar-refractivity contribution in [2.45, 2.75) is 32.2 Å². The molecular weight excluding hydrogens is 212 g/mol. The van der Waals surface area contributed by atoms with Gasteiger partial charge in [0.15, 0.2) is 0 Å². The standard InChI is InChI=1S/C13H24N4/c1-11(13-9-15-16-10-13)14-6-3-12-4-7-17(2)8-5-12/h9-12,14H,3-8H2,1-2H3,(H,15,16). The predicted octanol–water partition coefficient (Wildman–Crippen LogP) is 1.79. The monoisotopic (exact) mass is 236 g/mol. The van der Waals surface area contributed by atoms with E-state index < -0.39 is 0 Å². The molecule has 1 aromatic rings. The second-order valence-corrected chi connectivity index (χ2v) is 5.24. The number of hydrogen-bond acceptors (Lipinski definition) is 3. The van der Waals surface area contributed by atoms with Crippen LogP contribution >= 0.6 is 0 Å². The van der Waals surface area contributed by atoms with Gasteiger partial charge in [-0.2, -0.15) is 5.10 Å². The van der Waals surface area contributed by atoms with Crippen LogP contribution in [0.2, 0.25) is 0 Å². The van der Waals surface area contributed by atoms with Gasteiger partial charge in [0.2, 0.25) is 0 Å². The minimum absolute atomic E-state index is 0.403. The van der Waals surface area contributed by atoms with Gasteiger partial charge in [-0.05, 0) is 58.8 Å². The van der Waals surface area contributed by atoms with Crippen LogP contribution in [-0.2, 0) is 0 Å². The lowest BCUT2D eigenvalue weighted by Crippen LogP contribution is -2.32. The van der Waals surface area contributed by atoms with E-state index in [2.05, 4.69) is 34.4 Å². The van der Waals surface area contributed by atoms with Crippen LogP contribution in [0.4, 0.5) is 0 Å². The second kappa shape index (κ2) is 6.17. The molecule has 1 aliphatic heterocycles. The van der Waals surface area contributed by atoms with Gasteiger partial charge in [-0.1, -0.05) is 0 Å². The molecule has 0 spiro atoms. The minimum atomic E-state index is 0.403. The first-order chi connectivity index (χ1) is 8.25. The third-order valence-corrected chi connectivity index (χ3v) is 3.86. The molecular formula is C13H24N4. The first kappa shape index (κ1) is 12.6. The molecule has 4 heteroatoms. The summed E-state index contributed by atoms with van der Waals surface area (Å²) >= 11 is 0. The fraction of sp³-hybridized carbons (Fsp3) is 0.769.